The minimum absolute atomic E-state index is 0.0371. The number of aromatic hydroxyl groups is 2. The summed E-state index contributed by atoms with van der Waals surface area (Å²) in [4.78, 5) is 39.0. The average molecular weight is 444 g/mol. The van der Waals surface area contributed by atoms with E-state index in [0.29, 0.717) is 0 Å². The molecule has 4 N–H and O–H groups in total. The molecule has 7 rings (SSSR count). The van der Waals surface area contributed by atoms with E-state index in [9.17, 15) is 34.8 Å². The molecule has 2 aliphatic carbocycles. The molecule has 2 fully saturated rings. The molecule has 6 aliphatic rings. The predicted molar refractivity (Wildman–Crippen MR) is 102 cm³/mol. The van der Waals surface area contributed by atoms with Crippen LogP contribution in [0.5, 0.6) is 11.5 Å². The maximum absolute atomic E-state index is 13.6. The predicted octanol–water partition coefficient (Wildman–Crippen LogP) is 0.504. The molecule has 0 radical (unpaired) electrons. The van der Waals surface area contributed by atoms with Crippen molar-refractivity contribution in [1.29, 1.82) is 0 Å². The van der Waals surface area contributed by atoms with E-state index < -0.39 is 82.4 Å². The lowest BCUT2D eigenvalue weighted by Crippen LogP contribution is -2.66. The van der Waals surface area contributed by atoms with Crippen LogP contribution in [-0.4, -0.2) is 68.0 Å². The van der Waals surface area contributed by atoms with Crippen LogP contribution in [0.2, 0.25) is 0 Å². The first-order valence-corrected chi connectivity index (χ1v) is 10.4. The SMILES string of the molecule is C[C@@H]1O[C@H]2CC(=O)O[C@H]2c2c(O)c3c(c(O)c21)C(=O)C1=C(C3=O)[C@@H]2C[C@H](O)[C@]1(O)[C@H](C)O2. The molecule has 0 saturated carbocycles. The number of phenols is 2. The Balaban J connectivity index is 1.64. The Morgan fingerprint density at radius 2 is 1.62 bits per heavy atom. The van der Waals surface area contributed by atoms with Crippen molar-refractivity contribution >= 4 is 17.5 Å². The summed E-state index contributed by atoms with van der Waals surface area (Å²) in [5, 5.41) is 44.0. The largest absolute Gasteiger partial charge is 0.507 e. The zero-order valence-corrected chi connectivity index (χ0v) is 17.1. The van der Waals surface area contributed by atoms with Crippen LogP contribution in [0.1, 0.15) is 70.7 Å². The summed E-state index contributed by atoms with van der Waals surface area (Å²) in [5.74, 6) is -3.36. The molecule has 0 amide bonds. The molecule has 0 aromatic heterocycles. The molecule has 32 heavy (non-hydrogen) atoms. The van der Waals surface area contributed by atoms with Gasteiger partial charge in [0.25, 0.3) is 0 Å². The van der Waals surface area contributed by atoms with Crippen LogP contribution in [0.3, 0.4) is 0 Å². The lowest BCUT2D eigenvalue weighted by atomic mass is 9.63. The van der Waals surface area contributed by atoms with Gasteiger partial charge in [0.1, 0.15) is 23.2 Å². The van der Waals surface area contributed by atoms with Gasteiger partial charge in [0.15, 0.2) is 17.7 Å². The van der Waals surface area contributed by atoms with Crippen LogP contribution in [-0.2, 0) is 19.0 Å². The second kappa shape index (κ2) is 5.96. The summed E-state index contributed by atoms with van der Waals surface area (Å²) < 4.78 is 16.7. The van der Waals surface area contributed by atoms with Crippen molar-refractivity contribution in [2.75, 3.05) is 0 Å². The second-order valence-corrected chi connectivity index (χ2v) is 9.00. The van der Waals surface area contributed by atoms with Gasteiger partial charge in [-0.15, -0.1) is 0 Å². The van der Waals surface area contributed by atoms with Crippen LogP contribution in [0.15, 0.2) is 11.1 Å². The Bertz CT molecular complexity index is 1170. The molecule has 4 aliphatic heterocycles. The molecular formula is C22H20O10. The van der Waals surface area contributed by atoms with Gasteiger partial charge in [-0.05, 0) is 13.8 Å². The minimum Gasteiger partial charge on any atom is -0.507 e. The van der Waals surface area contributed by atoms with Crippen LogP contribution in [0.25, 0.3) is 0 Å². The average Bonchev–Trinajstić information content (AvgIpc) is 3.09. The van der Waals surface area contributed by atoms with E-state index in [-0.39, 0.29) is 35.1 Å². The lowest BCUT2D eigenvalue weighted by molar-refractivity contribution is -0.207. The van der Waals surface area contributed by atoms with Crippen molar-refractivity contribution in [3.05, 3.63) is 33.4 Å². The number of ketones is 2. The molecule has 0 unspecified atom stereocenters. The number of fused-ring (bicyclic) bond motifs is 6. The number of aliphatic hydroxyl groups is 2. The molecule has 0 spiro atoms. The number of carbonyl (C=O) groups is 3. The van der Waals surface area contributed by atoms with E-state index in [2.05, 4.69) is 0 Å². The number of phenolic OH excluding ortho intramolecular Hbond substituents is 2. The third-order valence-electron chi connectivity index (χ3n) is 7.41. The van der Waals surface area contributed by atoms with Crippen molar-refractivity contribution in [2.24, 2.45) is 0 Å². The van der Waals surface area contributed by atoms with E-state index in [1.807, 2.05) is 0 Å². The summed E-state index contributed by atoms with van der Waals surface area (Å²) in [5.41, 5.74) is -3.41. The highest BCUT2D eigenvalue weighted by atomic mass is 16.6. The first-order chi connectivity index (χ1) is 15.1. The Kier molecular flexibility index (Phi) is 3.70. The number of carbonyl (C=O) groups excluding carboxylic acids is 3. The third-order valence-corrected chi connectivity index (χ3v) is 7.41. The third kappa shape index (κ3) is 2.06. The van der Waals surface area contributed by atoms with Crippen LogP contribution in [0.4, 0.5) is 0 Å². The Morgan fingerprint density at radius 1 is 0.969 bits per heavy atom. The number of rotatable bonds is 0. The Morgan fingerprint density at radius 3 is 2.31 bits per heavy atom. The van der Waals surface area contributed by atoms with E-state index in [0.717, 1.165) is 0 Å². The van der Waals surface area contributed by atoms with Crippen LogP contribution >= 0.6 is 0 Å². The summed E-state index contributed by atoms with van der Waals surface area (Å²) in [6.07, 6.45) is -5.97. The van der Waals surface area contributed by atoms with Gasteiger partial charge in [-0.2, -0.15) is 0 Å². The van der Waals surface area contributed by atoms with Crippen molar-refractivity contribution in [3.63, 3.8) is 0 Å². The molecule has 7 atom stereocenters. The number of Topliss-reactive ketones (excluding diaryl/α,β-unsaturated/α-hetero) is 2. The van der Waals surface area contributed by atoms with Gasteiger partial charge in [0.05, 0.1) is 42.0 Å². The lowest BCUT2D eigenvalue weighted by Gasteiger charge is -2.52. The van der Waals surface area contributed by atoms with Crippen molar-refractivity contribution in [1.82, 2.24) is 0 Å². The normalized spacial score (nSPS) is 39.4. The minimum atomic E-state index is -2.14. The molecule has 2 saturated heterocycles. The number of ether oxygens (including phenoxy) is 3. The summed E-state index contributed by atoms with van der Waals surface area (Å²) in [7, 11) is 0. The fraction of sp³-hybridized carbons (Fsp3) is 0.500. The highest BCUT2D eigenvalue weighted by molar-refractivity contribution is 6.30. The monoisotopic (exact) mass is 444 g/mol. The Hall–Kier alpha value is -2.79. The van der Waals surface area contributed by atoms with Crippen molar-refractivity contribution in [3.8, 4) is 11.5 Å². The number of benzene rings is 1. The van der Waals surface area contributed by atoms with Gasteiger partial charge in [0.2, 0.25) is 0 Å². The number of hydrogen-bond acceptors (Lipinski definition) is 10. The fourth-order valence-electron chi connectivity index (χ4n) is 5.95. The summed E-state index contributed by atoms with van der Waals surface area (Å²) in [6, 6.07) is 0. The quantitative estimate of drug-likeness (QED) is 0.328. The number of hydrogen-bond donors (Lipinski definition) is 4. The summed E-state index contributed by atoms with van der Waals surface area (Å²) >= 11 is 0. The van der Waals surface area contributed by atoms with Gasteiger partial charge >= 0.3 is 5.97 Å². The van der Waals surface area contributed by atoms with Gasteiger partial charge in [-0.1, -0.05) is 0 Å². The molecule has 10 heteroatoms. The van der Waals surface area contributed by atoms with Crippen molar-refractivity contribution in [2.45, 2.75) is 68.9 Å². The van der Waals surface area contributed by atoms with Gasteiger partial charge in [-0.3, -0.25) is 14.4 Å². The number of aliphatic hydroxyl groups excluding tert-OH is 1. The topological polar surface area (TPSA) is 160 Å². The van der Waals surface area contributed by atoms with E-state index in [4.69, 9.17) is 14.2 Å². The van der Waals surface area contributed by atoms with Crippen LogP contribution in [0, 0.1) is 0 Å². The zero-order chi connectivity index (χ0) is 22.9. The molecule has 2 bridgehead atoms. The second-order valence-electron chi connectivity index (χ2n) is 9.00. The highest BCUT2D eigenvalue weighted by Crippen LogP contribution is 2.57. The molecular weight excluding hydrogens is 424 g/mol. The first kappa shape index (κ1) is 19.9. The van der Waals surface area contributed by atoms with E-state index in [1.165, 1.54) is 6.92 Å². The molecule has 1 aromatic carbocycles. The maximum atomic E-state index is 13.6. The number of esters is 1. The van der Waals surface area contributed by atoms with Gasteiger partial charge in [0, 0.05) is 28.7 Å². The standard InChI is InChI=1S/C22H20O10/c1-5-11-15(21-8(30-5)4-10(24)32-21)19(27)13-14(17(11)25)20(28)16-12(18(13)26)7-3-9(23)22(16,29)6(2)31-7/h5-9,21,23,25,27,29H,3-4H2,1-2H3/t5-,6-,7-,8-,9-,21+,22+/m0/s1. The van der Waals surface area contributed by atoms with Crippen molar-refractivity contribution < 1.29 is 49.0 Å². The smallest absolute Gasteiger partial charge is 0.309 e. The fourth-order valence-corrected chi connectivity index (χ4v) is 5.95. The van der Waals surface area contributed by atoms with Crippen LogP contribution < -0.4 is 0 Å². The highest BCUT2D eigenvalue weighted by Gasteiger charge is 2.62. The summed E-state index contributed by atoms with van der Waals surface area (Å²) in [6.45, 7) is 3.07. The Labute approximate surface area is 181 Å². The van der Waals surface area contributed by atoms with E-state index >= 15 is 0 Å². The first-order valence-electron chi connectivity index (χ1n) is 10.4. The molecule has 168 valence electrons. The maximum Gasteiger partial charge on any atom is 0.309 e. The van der Waals surface area contributed by atoms with Gasteiger partial charge in [-0.25, -0.2) is 0 Å². The molecule has 1 aromatic rings. The van der Waals surface area contributed by atoms with E-state index in [1.54, 1.807) is 6.92 Å². The molecule has 10 nitrogen and oxygen atoms in total. The molecule has 4 heterocycles. The van der Waals surface area contributed by atoms with Gasteiger partial charge < -0.3 is 34.6 Å². The zero-order valence-electron chi connectivity index (χ0n) is 17.1.